The quantitative estimate of drug-likeness (QED) is 0.746. The van der Waals surface area contributed by atoms with Crippen LogP contribution in [0.4, 0.5) is 4.79 Å². The molecule has 0 aliphatic carbocycles. The van der Waals surface area contributed by atoms with Crippen molar-refractivity contribution in [1.29, 1.82) is 0 Å². The summed E-state index contributed by atoms with van der Waals surface area (Å²) in [6.07, 6.45) is 0.522. The van der Waals surface area contributed by atoms with Crippen molar-refractivity contribution in [3.05, 3.63) is 0 Å². The maximum absolute atomic E-state index is 12.2. The number of carbonyl (C=O) groups excluding carboxylic acids is 2. The van der Waals surface area contributed by atoms with Crippen molar-refractivity contribution in [2.24, 2.45) is 5.73 Å². The highest BCUT2D eigenvalue weighted by atomic mass is 16.5. The predicted octanol–water partition coefficient (Wildman–Crippen LogP) is -0.0438. The molecule has 2 N–H and O–H groups in total. The zero-order valence-electron chi connectivity index (χ0n) is 13.4. The fraction of sp³-hybridized carbons (Fsp3) is 0.857. The monoisotopic (exact) mass is 300 g/mol. The predicted molar refractivity (Wildman–Crippen MR) is 80.9 cm³/mol. The van der Waals surface area contributed by atoms with Crippen molar-refractivity contribution < 1.29 is 14.3 Å². The number of hydrogen-bond donors (Lipinski definition) is 1. The molecule has 0 spiro atoms. The number of rotatable bonds is 6. The van der Waals surface area contributed by atoms with E-state index in [-0.39, 0.29) is 11.9 Å². The molecule has 1 unspecified atom stereocenters. The van der Waals surface area contributed by atoms with Crippen LogP contribution < -0.4 is 5.73 Å². The molecule has 3 amide bonds. The molecule has 1 aliphatic heterocycles. The average molecular weight is 300 g/mol. The van der Waals surface area contributed by atoms with Gasteiger partial charge in [-0.2, -0.15) is 0 Å². The number of nitrogens with two attached hydrogens (primary N) is 1. The second-order valence-electron chi connectivity index (χ2n) is 5.16. The van der Waals surface area contributed by atoms with Crippen LogP contribution in [-0.4, -0.2) is 85.7 Å². The first-order valence-corrected chi connectivity index (χ1v) is 7.62. The van der Waals surface area contributed by atoms with Gasteiger partial charge in [-0.25, -0.2) is 4.79 Å². The Labute approximate surface area is 127 Å². The zero-order valence-corrected chi connectivity index (χ0v) is 13.4. The molecular weight excluding hydrogens is 272 g/mol. The van der Waals surface area contributed by atoms with Crippen LogP contribution in [0.5, 0.6) is 0 Å². The van der Waals surface area contributed by atoms with Gasteiger partial charge in [0.05, 0.1) is 6.04 Å². The second-order valence-corrected chi connectivity index (χ2v) is 5.16. The standard InChI is InChI=1S/C14H28N4O3/c1-4-16(5-2)14(20)18-9-7-17(8-10-18)13(19)12(15)6-11-21-3/h12H,4-11,15H2,1-3H3. The number of piperazine rings is 1. The summed E-state index contributed by atoms with van der Waals surface area (Å²) >= 11 is 0. The van der Waals surface area contributed by atoms with E-state index in [1.54, 1.807) is 21.8 Å². The van der Waals surface area contributed by atoms with Crippen molar-refractivity contribution in [1.82, 2.24) is 14.7 Å². The molecule has 1 aliphatic rings. The zero-order chi connectivity index (χ0) is 15.8. The van der Waals surface area contributed by atoms with Crippen LogP contribution in [0, 0.1) is 0 Å². The Balaban J connectivity index is 2.44. The third-order valence-corrected chi connectivity index (χ3v) is 3.85. The van der Waals surface area contributed by atoms with E-state index in [2.05, 4.69) is 0 Å². The molecule has 0 aromatic rings. The molecular formula is C14H28N4O3. The molecule has 0 saturated carbocycles. The molecule has 21 heavy (non-hydrogen) atoms. The Morgan fingerprint density at radius 2 is 1.67 bits per heavy atom. The highest BCUT2D eigenvalue weighted by molar-refractivity contribution is 5.82. The van der Waals surface area contributed by atoms with Crippen LogP contribution in [-0.2, 0) is 9.53 Å². The molecule has 1 heterocycles. The molecule has 1 fully saturated rings. The highest BCUT2D eigenvalue weighted by Gasteiger charge is 2.28. The second kappa shape index (κ2) is 8.84. The normalized spacial score (nSPS) is 16.8. The lowest BCUT2D eigenvalue weighted by molar-refractivity contribution is -0.134. The fourth-order valence-corrected chi connectivity index (χ4v) is 2.42. The van der Waals surface area contributed by atoms with Crippen LogP contribution in [0.3, 0.4) is 0 Å². The van der Waals surface area contributed by atoms with Crippen molar-refractivity contribution in [2.75, 3.05) is 53.0 Å². The topological polar surface area (TPSA) is 79.1 Å². The van der Waals surface area contributed by atoms with E-state index < -0.39 is 6.04 Å². The summed E-state index contributed by atoms with van der Waals surface area (Å²) in [7, 11) is 1.59. The number of urea groups is 1. The molecule has 1 saturated heterocycles. The lowest BCUT2D eigenvalue weighted by Gasteiger charge is -2.38. The van der Waals surface area contributed by atoms with Crippen molar-refractivity contribution in [2.45, 2.75) is 26.3 Å². The minimum atomic E-state index is -0.519. The van der Waals surface area contributed by atoms with Crippen LogP contribution >= 0.6 is 0 Å². The molecule has 122 valence electrons. The summed E-state index contributed by atoms with van der Waals surface area (Å²) in [6, 6.07) is -0.467. The Morgan fingerprint density at radius 3 is 2.14 bits per heavy atom. The summed E-state index contributed by atoms with van der Waals surface area (Å²) < 4.78 is 4.94. The number of methoxy groups -OCH3 is 1. The van der Waals surface area contributed by atoms with E-state index in [0.717, 1.165) is 0 Å². The molecule has 0 radical (unpaired) electrons. The van der Waals surface area contributed by atoms with Crippen LogP contribution in [0.2, 0.25) is 0 Å². The summed E-state index contributed by atoms with van der Waals surface area (Å²) in [5.74, 6) is -0.0537. The first-order chi connectivity index (χ1) is 10.0. The van der Waals surface area contributed by atoms with E-state index in [4.69, 9.17) is 10.5 Å². The van der Waals surface area contributed by atoms with Crippen LogP contribution in [0.15, 0.2) is 0 Å². The van der Waals surface area contributed by atoms with Crippen LogP contribution in [0.25, 0.3) is 0 Å². The smallest absolute Gasteiger partial charge is 0.320 e. The third-order valence-electron chi connectivity index (χ3n) is 3.85. The van der Waals surface area contributed by atoms with Gasteiger partial charge < -0.3 is 25.2 Å². The van der Waals surface area contributed by atoms with E-state index in [9.17, 15) is 9.59 Å². The lowest BCUT2D eigenvalue weighted by atomic mass is 10.2. The van der Waals surface area contributed by atoms with Gasteiger partial charge in [-0.1, -0.05) is 0 Å². The van der Waals surface area contributed by atoms with E-state index in [1.165, 1.54) is 0 Å². The van der Waals surface area contributed by atoms with Gasteiger partial charge in [-0.05, 0) is 20.3 Å². The minimum Gasteiger partial charge on any atom is -0.385 e. The van der Waals surface area contributed by atoms with Gasteiger partial charge in [0, 0.05) is 53.0 Å². The molecule has 0 aromatic heterocycles. The van der Waals surface area contributed by atoms with E-state index in [0.29, 0.717) is 52.3 Å². The Morgan fingerprint density at radius 1 is 1.14 bits per heavy atom. The summed E-state index contributed by atoms with van der Waals surface area (Å²) in [4.78, 5) is 29.7. The van der Waals surface area contributed by atoms with Gasteiger partial charge in [-0.3, -0.25) is 4.79 Å². The molecule has 7 nitrogen and oxygen atoms in total. The summed E-state index contributed by atoms with van der Waals surface area (Å²) in [5.41, 5.74) is 5.86. The van der Waals surface area contributed by atoms with E-state index >= 15 is 0 Å². The fourth-order valence-electron chi connectivity index (χ4n) is 2.42. The largest absolute Gasteiger partial charge is 0.385 e. The molecule has 0 bridgehead atoms. The van der Waals surface area contributed by atoms with Crippen molar-refractivity contribution in [3.63, 3.8) is 0 Å². The van der Waals surface area contributed by atoms with Gasteiger partial charge in [-0.15, -0.1) is 0 Å². The SMILES string of the molecule is CCN(CC)C(=O)N1CCN(C(=O)C(N)CCOC)CC1. The molecule has 7 heteroatoms. The van der Waals surface area contributed by atoms with Gasteiger partial charge in [0.2, 0.25) is 5.91 Å². The first kappa shape index (κ1) is 17.7. The third kappa shape index (κ3) is 4.86. The van der Waals surface area contributed by atoms with Crippen molar-refractivity contribution in [3.8, 4) is 0 Å². The number of hydrogen-bond acceptors (Lipinski definition) is 4. The Hall–Kier alpha value is -1.34. The number of ether oxygens (including phenoxy) is 1. The molecule has 1 rings (SSSR count). The van der Waals surface area contributed by atoms with E-state index in [1.807, 2.05) is 13.8 Å². The molecule has 0 aromatic carbocycles. The Bertz CT molecular complexity index is 339. The first-order valence-electron chi connectivity index (χ1n) is 7.62. The summed E-state index contributed by atoms with van der Waals surface area (Å²) in [5, 5.41) is 0. The average Bonchev–Trinajstić information content (AvgIpc) is 2.53. The van der Waals surface area contributed by atoms with Crippen LogP contribution in [0.1, 0.15) is 20.3 Å². The lowest BCUT2D eigenvalue weighted by Crippen LogP contribution is -2.56. The number of nitrogens with zero attached hydrogens (tertiary/aromatic N) is 3. The van der Waals surface area contributed by atoms with Gasteiger partial charge in [0.25, 0.3) is 0 Å². The number of amides is 3. The highest BCUT2D eigenvalue weighted by Crippen LogP contribution is 2.08. The summed E-state index contributed by atoms with van der Waals surface area (Å²) in [6.45, 7) is 8.06. The van der Waals surface area contributed by atoms with Gasteiger partial charge in [0.15, 0.2) is 0 Å². The molecule has 1 atom stereocenters. The maximum Gasteiger partial charge on any atom is 0.320 e. The maximum atomic E-state index is 12.2. The number of carbonyl (C=O) groups is 2. The minimum absolute atomic E-state index is 0.0516. The van der Waals surface area contributed by atoms with Crippen molar-refractivity contribution >= 4 is 11.9 Å². The van der Waals surface area contributed by atoms with Gasteiger partial charge in [0.1, 0.15) is 0 Å². The van der Waals surface area contributed by atoms with Gasteiger partial charge >= 0.3 is 6.03 Å². The Kier molecular flexibility index (Phi) is 7.45.